The number of methoxy groups -OCH3 is 1. The van der Waals surface area contributed by atoms with Gasteiger partial charge < -0.3 is 44.1 Å². The lowest BCUT2D eigenvalue weighted by atomic mass is 9.92. The van der Waals surface area contributed by atoms with Gasteiger partial charge >= 0.3 is 5.97 Å². The monoisotopic (exact) mass is 806 g/mol. The number of allylic oxidation sites excluding steroid dienone is 3. The first kappa shape index (κ1) is 45.4. The topological polar surface area (TPSA) is 176 Å². The molecule has 312 valence electrons. The Bertz CT molecular complexity index is 1750. The lowest BCUT2D eigenvalue weighted by Crippen LogP contribution is -2.49. The van der Waals surface area contributed by atoms with Crippen LogP contribution in [0.1, 0.15) is 75.3 Å². The molecule has 0 radical (unpaired) electrons. The quantitative estimate of drug-likeness (QED) is 0.150. The van der Waals surface area contributed by atoms with Gasteiger partial charge in [-0.25, -0.2) is 9.78 Å². The Morgan fingerprint density at radius 2 is 1.91 bits per heavy atom. The van der Waals surface area contributed by atoms with Gasteiger partial charge in [-0.2, -0.15) is 0 Å². The minimum atomic E-state index is -2.24. The summed E-state index contributed by atoms with van der Waals surface area (Å²) in [5.41, 5.74) is 8.55. The Hall–Kier alpha value is -4.34. The number of aromatic nitrogens is 1. The summed E-state index contributed by atoms with van der Waals surface area (Å²) in [5, 5.41) is 14.0. The van der Waals surface area contributed by atoms with Gasteiger partial charge in [-0.3, -0.25) is 9.59 Å². The number of aliphatic hydroxyl groups is 1. The van der Waals surface area contributed by atoms with E-state index in [1.165, 1.54) is 17.2 Å². The maximum Gasteiger partial charge on any atom is 0.329 e. The van der Waals surface area contributed by atoms with E-state index in [0.29, 0.717) is 25.8 Å². The molecule has 4 N–H and O–H groups in total. The van der Waals surface area contributed by atoms with E-state index in [1.54, 1.807) is 19.3 Å². The molecule has 2 aromatic rings. The predicted molar refractivity (Wildman–Crippen MR) is 221 cm³/mol. The molecule has 4 rings (SSSR count). The minimum Gasteiger partial charge on any atom is -0.497 e. The van der Waals surface area contributed by atoms with Gasteiger partial charge in [-0.1, -0.05) is 68.9 Å². The Morgan fingerprint density at radius 3 is 2.60 bits per heavy atom. The van der Waals surface area contributed by atoms with Gasteiger partial charge in [0.05, 0.1) is 45.0 Å². The van der Waals surface area contributed by atoms with Crippen molar-refractivity contribution in [3.8, 4) is 5.75 Å². The Balaban J connectivity index is 1.63. The number of ether oxygens (including phenoxy) is 3. The summed E-state index contributed by atoms with van der Waals surface area (Å²) < 4.78 is 29.8. The molecular formula is C43H62N4O9Si. The number of nitrogens with zero attached hydrogens (tertiary/aromatic N) is 2. The lowest BCUT2D eigenvalue weighted by molar-refractivity contribution is -0.157. The summed E-state index contributed by atoms with van der Waals surface area (Å²) >= 11 is 0. The Kier molecular flexibility index (Phi) is 16.6. The number of benzene rings is 1. The van der Waals surface area contributed by atoms with E-state index in [9.17, 15) is 19.5 Å². The van der Waals surface area contributed by atoms with Crippen molar-refractivity contribution in [2.45, 2.75) is 115 Å². The molecule has 1 fully saturated rings. The molecule has 14 heteroatoms. The highest BCUT2D eigenvalue weighted by Crippen LogP contribution is 2.38. The molecule has 57 heavy (non-hydrogen) atoms. The molecule has 0 saturated carbocycles. The second-order valence-electron chi connectivity index (χ2n) is 16.3. The van der Waals surface area contributed by atoms with E-state index in [4.69, 9.17) is 28.8 Å². The molecule has 1 unspecified atom stereocenters. The summed E-state index contributed by atoms with van der Waals surface area (Å²) in [6.07, 6.45) is 11.1. The first-order valence-corrected chi connectivity index (χ1v) is 22.6. The van der Waals surface area contributed by atoms with Crippen molar-refractivity contribution in [3.05, 3.63) is 96.3 Å². The van der Waals surface area contributed by atoms with E-state index in [2.05, 4.69) is 50.7 Å². The molecule has 1 saturated heterocycles. The highest BCUT2D eigenvalue weighted by molar-refractivity contribution is 6.74. The third-order valence-corrected chi connectivity index (χ3v) is 15.2. The van der Waals surface area contributed by atoms with E-state index >= 15 is 0 Å². The number of hydrogen-bond acceptors (Lipinski definition) is 11. The number of esters is 1. The zero-order valence-corrected chi connectivity index (χ0v) is 35.6. The molecule has 2 aliphatic heterocycles. The smallest absolute Gasteiger partial charge is 0.329 e. The highest BCUT2D eigenvalue weighted by atomic mass is 28.4. The molecule has 2 aliphatic rings. The van der Waals surface area contributed by atoms with E-state index in [1.807, 2.05) is 49.4 Å². The number of amides is 2. The number of carbonyl (C=O) groups is 3. The first-order chi connectivity index (χ1) is 27.0. The number of oxazole rings is 1. The Morgan fingerprint density at radius 1 is 1.18 bits per heavy atom. The number of cyclic esters (lactones) is 1. The average Bonchev–Trinajstić information content (AvgIpc) is 3.84. The molecule has 2 bridgehead atoms. The zero-order valence-electron chi connectivity index (χ0n) is 34.6. The molecule has 2 amide bonds. The van der Waals surface area contributed by atoms with Crippen LogP contribution in [0.25, 0.3) is 0 Å². The van der Waals surface area contributed by atoms with Crippen LogP contribution >= 0.6 is 0 Å². The third-order valence-electron chi connectivity index (χ3n) is 10.7. The second-order valence-corrected chi connectivity index (χ2v) is 21.1. The largest absolute Gasteiger partial charge is 0.497 e. The van der Waals surface area contributed by atoms with Crippen molar-refractivity contribution in [2.75, 3.05) is 26.8 Å². The van der Waals surface area contributed by atoms with Crippen LogP contribution < -0.4 is 15.8 Å². The van der Waals surface area contributed by atoms with Crippen LogP contribution in [0.4, 0.5) is 0 Å². The molecule has 0 aliphatic carbocycles. The van der Waals surface area contributed by atoms with Gasteiger partial charge in [-0.05, 0) is 68.1 Å². The SMILES string of the molecule is C=CC[C@@H]1/C=C/C(=O)NC/C=C/C(C)=C/C(O[Si](C)(C)C(C)(C)C)C[C@H](O)Cc2nc(co2)C(=O)N2CCC[C@@H]2C(=O)O[C@@H]1[C@H](N)COCc1ccc(OC)cc1. The van der Waals surface area contributed by atoms with Crippen molar-refractivity contribution in [1.29, 1.82) is 0 Å². The fraction of sp³-hybridized carbons (Fsp3) is 0.535. The number of rotatable bonds is 10. The molecule has 13 nitrogen and oxygen atoms in total. The molecule has 6 atom stereocenters. The maximum absolute atomic E-state index is 14.0. The summed E-state index contributed by atoms with van der Waals surface area (Å²) in [4.78, 5) is 46.7. The molecule has 0 spiro atoms. The van der Waals surface area contributed by atoms with Crippen molar-refractivity contribution < 1.29 is 42.5 Å². The minimum absolute atomic E-state index is 0.0314. The molecule has 1 aromatic carbocycles. The summed E-state index contributed by atoms with van der Waals surface area (Å²) in [6.45, 7) is 17.5. The standard InChI is InChI=1S/C43H62N4O9Si/c1-9-12-31-17-20-38(49)45-21-10-13-29(2)23-34(56-57(7,8)43(3,4)5)24-32(48)25-39-46-36(28-54-39)41(50)47-22-11-14-37(47)42(51)55-40(31)35(44)27-53-26-30-15-18-33(52-6)19-16-30/h9-10,13,15-20,23,28,31-32,34-35,37,40,48H,1,11-12,14,21-22,24-27,44H2,2-8H3,(H,45,49)/b13-10+,20-17+,29-23+/t31-,32+,34?,35-,37-,40+/m1/s1. The van der Waals surface area contributed by atoms with Crippen molar-refractivity contribution in [1.82, 2.24) is 15.2 Å². The van der Waals surface area contributed by atoms with Gasteiger partial charge in [0, 0.05) is 25.4 Å². The lowest BCUT2D eigenvalue weighted by Gasteiger charge is -2.39. The molecule has 3 heterocycles. The summed E-state index contributed by atoms with van der Waals surface area (Å²) in [7, 11) is -0.643. The third kappa shape index (κ3) is 13.4. The number of hydrogen-bond donors (Lipinski definition) is 3. The maximum atomic E-state index is 14.0. The summed E-state index contributed by atoms with van der Waals surface area (Å²) in [5.74, 6) is -1.06. The van der Waals surface area contributed by atoms with E-state index in [-0.39, 0.29) is 55.1 Å². The van der Waals surface area contributed by atoms with Crippen LogP contribution in [0.2, 0.25) is 18.1 Å². The zero-order chi connectivity index (χ0) is 41.8. The van der Waals surface area contributed by atoms with Gasteiger partial charge in [-0.15, -0.1) is 6.58 Å². The number of nitrogens with one attached hydrogen (secondary N) is 1. The van der Waals surface area contributed by atoms with E-state index < -0.39 is 56.5 Å². The predicted octanol–water partition coefficient (Wildman–Crippen LogP) is 5.81. The second kappa shape index (κ2) is 20.9. The van der Waals surface area contributed by atoms with Gasteiger partial charge in [0.15, 0.2) is 19.9 Å². The number of nitrogens with two attached hydrogens (primary N) is 1. The van der Waals surface area contributed by atoms with Crippen LogP contribution in [0.15, 0.2) is 83.6 Å². The van der Waals surface area contributed by atoms with Gasteiger partial charge in [0.2, 0.25) is 5.91 Å². The van der Waals surface area contributed by atoms with E-state index in [0.717, 1.165) is 16.9 Å². The Labute approximate surface area is 338 Å². The fourth-order valence-corrected chi connectivity index (χ4v) is 7.81. The van der Waals surface area contributed by atoms with Crippen molar-refractivity contribution in [2.24, 2.45) is 11.7 Å². The van der Waals surface area contributed by atoms with Crippen LogP contribution in [0.3, 0.4) is 0 Å². The highest BCUT2D eigenvalue weighted by Gasteiger charge is 2.41. The number of carbonyl (C=O) groups excluding carboxylic acids is 3. The van der Waals surface area contributed by atoms with Gasteiger partial charge in [0.1, 0.15) is 24.2 Å². The van der Waals surface area contributed by atoms with Crippen molar-refractivity contribution >= 4 is 26.1 Å². The normalized spacial score (nSPS) is 26.0. The molecular weight excluding hydrogens is 745 g/mol. The average molecular weight is 807 g/mol. The molecule has 1 aromatic heterocycles. The van der Waals surface area contributed by atoms with Crippen LogP contribution in [-0.4, -0.2) is 98.3 Å². The van der Waals surface area contributed by atoms with Crippen molar-refractivity contribution in [3.63, 3.8) is 0 Å². The number of aliphatic hydroxyl groups excluding tert-OH is 1. The van der Waals surface area contributed by atoms with Crippen LogP contribution in [0, 0.1) is 5.92 Å². The first-order valence-electron chi connectivity index (χ1n) is 19.7. The van der Waals surface area contributed by atoms with Gasteiger partial charge in [0.25, 0.3) is 5.91 Å². The number of fused-ring (bicyclic) bond motifs is 3. The van der Waals surface area contributed by atoms with Crippen LogP contribution in [0.5, 0.6) is 5.75 Å². The van der Waals surface area contributed by atoms with Crippen LogP contribution in [-0.2, 0) is 36.5 Å². The fourth-order valence-electron chi connectivity index (χ4n) is 6.54. The summed E-state index contributed by atoms with van der Waals surface area (Å²) in [6, 6.07) is 5.75.